The summed E-state index contributed by atoms with van der Waals surface area (Å²) in [5.74, 6) is 0.286. The summed E-state index contributed by atoms with van der Waals surface area (Å²) in [7, 11) is 0. The molecule has 0 atom stereocenters. The van der Waals surface area contributed by atoms with Crippen LogP contribution in [0.4, 0.5) is 0 Å². The van der Waals surface area contributed by atoms with Crippen molar-refractivity contribution in [2.24, 2.45) is 9.98 Å². The molecular weight excluding hydrogens is 347 g/mol. The van der Waals surface area contributed by atoms with Crippen LogP contribution in [0, 0.1) is 0 Å². The molecule has 0 saturated heterocycles. The summed E-state index contributed by atoms with van der Waals surface area (Å²) < 4.78 is 0. The molecule has 4 nitrogen and oxygen atoms in total. The predicted octanol–water partition coefficient (Wildman–Crippen LogP) is 4.72. The SMILES string of the molecule is CC(=NCCN=C(C)c1cc(Cl)ccc1O)c1cc(Cl)ccc1O. The lowest BCUT2D eigenvalue weighted by Gasteiger charge is -2.06. The van der Waals surface area contributed by atoms with Crippen molar-refractivity contribution >= 4 is 34.6 Å². The van der Waals surface area contributed by atoms with Gasteiger partial charge in [0.15, 0.2) is 0 Å². The third-order valence-electron chi connectivity index (χ3n) is 3.49. The topological polar surface area (TPSA) is 65.2 Å². The summed E-state index contributed by atoms with van der Waals surface area (Å²) in [5, 5.41) is 20.8. The molecule has 2 N–H and O–H groups in total. The van der Waals surface area contributed by atoms with E-state index in [1.165, 1.54) is 0 Å². The number of phenolic OH excluding ortho intramolecular Hbond substituents is 2. The van der Waals surface area contributed by atoms with Crippen molar-refractivity contribution in [1.82, 2.24) is 0 Å². The van der Waals surface area contributed by atoms with Gasteiger partial charge in [0.25, 0.3) is 0 Å². The second-order valence-corrected chi connectivity index (χ2v) is 6.13. The molecule has 126 valence electrons. The Morgan fingerprint density at radius 1 is 0.792 bits per heavy atom. The Hall–Kier alpha value is -2.04. The molecule has 0 aliphatic carbocycles. The number of hydrogen-bond donors (Lipinski definition) is 2. The molecule has 0 aliphatic heterocycles. The quantitative estimate of drug-likeness (QED) is 0.595. The van der Waals surface area contributed by atoms with Crippen LogP contribution in [0.15, 0.2) is 46.4 Å². The van der Waals surface area contributed by atoms with E-state index in [2.05, 4.69) is 9.98 Å². The first-order valence-corrected chi connectivity index (χ1v) is 8.14. The van der Waals surface area contributed by atoms with Crippen molar-refractivity contribution in [3.8, 4) is 11.5 Å². The summed E-state index contributed by atoms with van der Waals surface area (Å²) in [4.78, 5) is 8.81. The van der Waals surface area contributed by atoms with E-state index in [1.807, 2.05) is 13.8 Å². The third-order valence-corrected chi connectivity index (χ3v) is 3.96. The Morgan fingerprint density at radius 2 is 1.17 bits per heavy atom. The highest BCUT2D eigenvalue weighted by molar-refractivity contribution is 6.31. The number of aromatic hydroxyl groups is 2. The number of rotatable bonds is 5. The summed E-state index contributed by atoms with van der Waals surface area (Å²) >= 11 is 11.9. The number of halogens is 2. The van der Waals surface area contributed by atoms with Gasteiger partial charge in [-0.25, -0.2) is 0 Å². The zero-order chi connectivity index (χ0) is 17.7. The molecule has 0 heterocycles. The summed E-state index contributed by atoms with van der Waals surface area (Å²) in [6.07, 6.45) is 0. The second kappa shape index (κ2) is 8.18. The van der Waals surface area contributed by atoms with Gasteiger partial charge in [-0.2, -0.15) is 0 Å². The van der Waals surface area contributed by atoms with Gasteiger partial charge in [-0.15, -0.1) is 0 Å². The van der Waals surface area contributed by atoms with E-state index in [1.54, 1.807) is 36.4 Å². The normalized spacial score (nSPS) is 12.5. The van der Waals surface area contributed by atoms with Crippen LogP contribution in [-0.4, -0.2) is 34.7 Å². The lowest BCUT2D eigenvalue weighted by molar-refractivity contribution is 0.473. The average Bonchev–Trinajstić information content (AvgIpc) is 2.55. The van der Waals surface area contributed by atoms with Gasteiger partial charge in [0.05, 0.1) is 13.1 Å². The minimum atomic E-state index is 0.143. The smallest absolute Gasteiger partial charge is 0.124 e. The molecule has 2 rings (SSSR count). The molecule has 6 heteroatoms. The fraction of sp³-hybridized carbons (Fsp3) is 0.222. The van der Waals surface area contributed by atoms with Crippen molar-refractivity contribution in [3.63, 3.8) is 0 Å². The Labute approximate surface area is 151 Å². The highest BCUT2D eigenvalue weighted by atomic mass is 35.5. The second-order valence-electron chi connectivity index (χ2n) is 5.26. The zero-order valence-electron chi connectivity index (χ0n) is 13.4. The Kier molecular flexibility index (Phi) is 6.23. The first-order chi connectivity index (χ1) is 11.4. The maximum absolute atomic E-state index is 9.85. The van der Waals surface area contributed by atoms with E-state index in [-0.39, 0.29) is 11.5 Å². The van der Waals surface area contributed by atoms with E-state index < -0.39 is 0 Å². The first kappa shape index (κ1) is 18.3. The highest BCUT2D eigenvalue weighted by Crippen LogP contribution is 2.23. The van der Waals surface area contributed by atoms with Crippen molar-refractivity contribution in [1.29, 1.82) is 0 Å². The van der Waals surface area contributed by atoms with E-state index in [9.17, 15) is 10.2 Å². The van der Waals surface area contributed by atoms with Gasteiger partial charge >= 0.3 is 0 Å². The minimum Gasteiger partial charge on any atom is -0.507 e. The minimum absolute atomic E-state index is 0.143. The molecule has 24 heavy (non-hydrogen) atoms. The number of aliphatic imine (C=N–C) groups is 2. The van der Waals surface area contributed by atoms with Gasteiger partial charge in [0, 0.05) is 32.6 Å². The van der Waals surface area contributed by atoms with Crippen LogP contribution in [0.5, 0.6) is 11.5 Å². The van der Waals surface area contributed by atoms with E-state index >= 15 is 0 Å². The molecule has 2 aromatic carbocycles. The molecule has 0 amide bonds. The monoisotopic (exact) mass is 364 g/mol. The number of benzene rings is 2. The Balaban J connectivity index is 2.05. The number of phenols is 2. The first-order valence-electron chi connectivity index (χ1n) is 7.38. The van der Waals surface area contributed by atoms with E-state index in [0.29, 0.717) is 45.7 Å². The van der Waals surface area contributed by atoms with Gasteiger partial charge in [-0.3, -0.25) is 9.98 Å². The Bertz CT molecular complexity index is 734. The van der Waals surface area contributed by atoms with Gasteiger partial charge in [0.1, 0.15) is 11.5 Å². The van der Waals surface area contributed by atoms with E-state index in [0.717, 1.165) is 0 Å². The lowest BCUT2D eigenvalue weighted by Crippen LogP contribution is -2.01. The Morgan fingerprint density at radius 3 is 1.54 bits per heavy atom. The highest BCUT2D eigenvalue weighted by Gasteiger charge is 2.06. The van der Waals surface area contributed by atoms with Crippen molar-refractivity contribution < 1.29 is 10.2 Å². The van der Waals surface area contributed by atoms with Gasteiger partial charge in [-0.1, -0.05) is 23.2 Å². The fourth-order valence-electron chi connectivity index (χ4n) is 2.20. The largest absolute Gasteiger partial charge is 0.507 e. The molecule has 0 unspecified atom stereocenters. The molecule has 0 aliphatic rings. The molecule has 0 radical (unpaired) electrons. The third kappa shape index (κ3) is 4.73. The zero-order valence-corrected chi connectivity index (χ0v) is 14.9. The maximum atomic E-state index is 9.85. The molecule has 0 spiro atoms. The maximum Gasteiger partial charge on any atom is 0.124 e. The summed E-state index contributed by atoms with van der Waals surface area (Å²) in [6, 6.07) is 9.68. The van der Waals surface area contributed by atoms with E-state index in [4.69, 9.17) is 23.2 Å². The average molecular weight is 365 g/mol. The van der Waals surface area contributed by atoms with Gasteiger partial charge in [0.2, 0.25) is 0 Å². The number of hydrogen-bond acceptors (Lipinski definition) is 4. The van der Waals surface area contributed by atoms with Crippen LogP contribution in [0.2, 0.25) is 10.0 Å². The standard InChI is InChI=1S/C18H18Cl2N2O2/c1-11(15-9-13(19)3-5-17(15)23)21-7-8-22-12(2)16-10-14(20)4-6-18(16)24/h3-6,9-10,23-24H,7-8H2,1-2H3. The molecule has 0 saturated carbocycles. The van der Waals surface area contributed by atoms with Crippen LogP contribution < -0.4 is 0 Å². The van der Waals surface area contributed by atoms with Gasteiger partial charge < -0.3 is 10.2 Å². The molecule has 0 bridgehead atoms. The summed E-state index contributed by atoms with van der Waals surface area (Å²) in [5.41, 5.74) is 2.59. The lowest BCUT2D eigenvalue weighted by atomic mass is 10.1. The van der Waals surface area contributed by atoms with Crippen LogP contribution in [0.25, 0.3) is 0 Å². The van der Waals surface area contributed by atoms with Crippen LogP contribution in [0.3, 0.4) is 0 Å². The summed E-state index contributed by atoms with van der Waals surface area (Å²) in [6.45, 7) is 4.53. The van der Waals surface area contributed by atoms with Crippen LogP contribution in [0.1, 0.15) is 25.0 Å². The molecule has 2 aromatic rings. The van der Waals surface area contributed by atoms with Crippen molar-refractivity contribution in [2.75, 3.05) is 13.1 Å². The fourth-order valence-corrected chi connectivity index (χ4v) is 2.55. The molecular formula is C18H18Cl2N2O2. The molecule has 0 fully saturated rings. The van der Waals surface area contributed by atoms with Crippen molar-refractivity contribution in [2.45, 2.75) is 13.8 Å². The van der Waals surface area contributed by atoms with Crippen molar-refractivity contribution in [3.05, 3.63) is 57.6 Å². The van der Waals surface area contributed by atoms with Crippen LogP contribution in [-0.2, 0) is 0 Å². The predicted molar refractivity (Wildman–Crippen MR) is 100 cm³/mol. The molecule has 0 aromatic heterocycles. The van der Waals surface area contributed by atoms with Crippen LogP contribution >= 0.6 is 23.2 Å². The van der Waals surface area contributed by atoms with Gasteiger partial charge in [-0.05, 0) is 50.2 Å². The number of nitrogens with zero attached hydrogens (tertiary/aromatic N) is 2.